The highest BCUT2D eigenvalue weighted by Gasteiger charge is 2.49. The molecule has 2 saturated carbocycles. The number of nitrogens with zero attached hydrogens (tertiary/aromatic N) is 2. The number of imide groups is 1. The average Bonchev–Trinajstić information content (AvgIpc) is 3.28. The summed E-state index contributed by atoms with van der Waals surface area (Å²) < 4.78 is 0. The van der Waals surface area contributed by atoms with Crippen LogP contribution >= 0.6 is 11.3 Å². The van der Waals surface area contributed by atoms with E-state index in [1.165, 1.54) is 23.3 Å². The van der Waals surface area contributed by atoms with Crippen LogP contribution in [0.5, 0.6) is 0 Å². The number of carbonyl (C=O) groups is 2. The molecule has 4 aliphatic rings. The Labute approximate surface area is 146 Å². The number of likely N-dealkylation sites (tertiary alicyclic amines) is 1. The van der Waals surface area contributed by atoms with Gasteiger partial charge in [0.1, 0.15) is 0 Å². The first-order chi connectivity index (χ1) is 11.7. The highest BCUT2D eigenvalue weighted by Crippen LogP contribution is 2.49. The highest BCUT2D eigenvalue weighted by atomic mass is 32.1. The maximum absolute atomic E-state index is 12.8. The summed E-state index contributed by atoms with van der Waals surface area (Å²) in [6.45, 7) is 1.49. The minimum absolute atomic E-state index is 0.0212. The van der Waals surface area contributed by atoms with Crippen molar-refractivity contribution in [2.45, 2.75) is 51.0 Å². The van der Waals surface area contributed by atoms with Crippen LogP contribution in [0.15, 0.2) is 11.4 Å². The Morgan fingerprint density at radius 2 is 1.75 bits per heavy atom. The van der Waals surface area contributed by atoms with Gasteiger partial charge in [-0.15, -0.1) is 11.3 Å². The van der Waals surface area contributed by atoms with E-state index in [9.17, 15) is 9.59 Å². The molecule has 1 saturated heterocycles. The molecule has 0 spiro atoms. The lowest BCUT2D eigenvalue weighted by Crippen LogP contribution is -2.46. The van der Waals surface area contributed by atoms with Gasteiger partial charge >= 0.3 is 0 Å². The van der Waals surface area contributed by atoms with E-state index >= 15 is 0 Å². The molecule has 0 N–H and O–H groups in total. The summed E-state index contributed by atoms with van der Waals surface area (Å²) in [5.74, 6) is 0.888. The molecule has 2 amide bonds. The van der Waals surface area contributed by atoms with Gasteiger partial charge in [-0.3, -0.25) is 19.4 Å². The summed E-state index contributed by atoms with van der Waals surface area (Å²) in [5.41, 5.74) is 1.46. The molecule has 0 aromatic carbocycles. The lowest BCUT2D eigenvalue weighted by atomic mass is 9.81. The Kier molecular flexibility index (Phi) is 3.56. The van der Waals surface area contributed by atoms with Crippen molar-refractivity contribution in [2.75, 3.05) is 13.2 Å². The molecule has 4 nitrogen and oxygen atoms in total. The molecule has 3 atom stereocenters. The van der Waals surface area contributed by atoms with E-state index < -0.39 is 0 Å². The van der Waals surface area contributed by atoms with Crippen LogP contribution in [0.3, 0.4) is 0 Å². The van der Waals surface area contributed by atoms with Gasteiger partial charge in [0.15, 0.2) is 0 Å². The van der Waals surface area contributed by atoms with Crippen LogP contribution in [0.25, 0.3) is 0 Å². The van der Waals surface area contributed by atoms with Crippen molar-refractivity contribution in [3.8, 4) is 0 Å². The third-order valence-electron chi connectivity index (χ3n) is 6.44. The lowest BCUT2D eigenvalue weighted by Gasteiger charge is -2.38. The Morgan fingerprint density at radius 1 is 1.04 bits per heavy atom. The molecule has 0 radical (unpaired) electrons. The Hall–Kier alpha value is -1.20. The SMILES string of the molecule is O=C1[C@H]2CCCC[C@H]2C(=O)N1CN1CCc2sccc2[C@H]1C1CC1. The first-order valence-electron chi connectivity index (χ1n) is 9.39. The van der Waals surface area contributed by atoms with Gasteiger partial charge in [-0.25, -0.2) is 0 Å². The van der Waals surface area contributed by atoms with Crippen LogP contribution in [0.4, 0.5) is 0 Å². The summed E-state index contributed by atoms with van der Waals surface area (Å²) in [5, 5.41) is 2.20. The van der Waals surface area contributed by atoms with Gasteiger partial charge in [-0.05, 0) is 55.0 Å². The number of carbonyl (C=O) groups excluding carboxylic acids is 2. The molecule has 5 rings (SSSR count). The maximum atomic E-state index is 12.8. The molecular weight excluding hydrogens is 320 g/mol. The summed E-state index contributed by atoms with van der Waals surface area (Å²) in [6.07, 6.45) is 7.63. The van der Waals surface area contributed by atoms with Crippen LogP contribution in [0.2, 0.25) is 0 Å². The largest absolute Gasteiger partial charge is 0.278 e. The van der Waals surface area contributed by atoms with Crippen molar-refractivity contribution in [1.82, 2.24) is 9.80 Å². The topological polar surface area (TPSA) is 40.6 Å². The van der Waals surface area contributed by atoms with E-state index in [0.717, 1.165) is 38.6 Å². The van der Waals surface area contributed by atoms with Crippen molar-refractivity contribution in [2.24, 2.45) is 17.8 Å². The molecule has 2 aliphatic carbocycles. The van der Waals surface area contributed by atoms with E-state index in [0.29, 0.717) is 18.6 Å². The lowest BCUT2D eigenvalue weighted by molar-refractivity contribution is -0.143. The predicted molar refractivity (Wildman–Crippen MR) is 92.4 cm³/mol. The fraction of sp³-hybridized carbons (Fsp3) is 0.684. The van der Waals surface area contributed by atoms with Crippen molar-refractivity contribution < 1.29 is 9.59 Å². The fourth-order valence-corrected chi connectivity index (χ4v) is 5.99. The normalized spacial score (nSPS) is 33.7. The number of fused-ring (bicyclic) bond motifs is 2. The van der Waals surface area contributed by atoms with Crippen molar-refractivity contribution in [3.63, 3.8) is 0 Å². The standard InChI is InChI=1S/C19H24N2O2S/c22-18-13-3-1-2-4-14(13)19(23)21(18)11-20-9-7-16-15(8-10-24-16)17(20)12-5-6-12/h8,10,12-14,17H,1-7,9,11H2/t13-,14+,17-/m1/s1. The number of rotatable bonds is 3. The van der Waals surface area contributed by atoms with E-state index in [2.05, 4.69) is 16.3 Å². The molecule has 0 unspecified atom stereocenters. The molecule has 3 fully saturated rings. The molecule has 1 aromatic heterocycles. The van der Waals surface area contributed by atoms with Gasteiger partial charge in [-0.2, -0.15) is 0 Å². The minimum atomic E-state index is -0.0212. The second-order valence-corrected chi connectivity index (χ2v) is 8.89. The van der Waals surface area contributed by atoms with Crippen LogP contribution in [-0.2, 0) is 16.0 Å². The van der Waals surface area contributed by atoms with Gasteiger partial charge in [0.05, 0.1) is 18.5 Å². The Morgan fingerprint density at radius 3 is 2.42 bits per heavy atom. The van der Waals surface area contributed by atoms with E-state index in [-0.39, 0.29) is 23.7 Å². The van der Waals surface area contributed by atoms with E-state index in [4.69, 9.17) is 0 Å². The monoisotopic (exact) mass is 344 g/mol. The first kappa shape index (κ1) is 15.1. The van der Waals surface area contributed by atoms with Crippen molar-refractivity contribution in [3.05, 3.63) is 21.9 Å². The molecular formula is C19H24N2O2S. The highest BCUT2D eigenvalue weighted by molar-refractivity contribution is 7.10. The van der Waals surface area contributed by atoms with E-state index in [1.807, 2.05) is 11.3 Å². The zero-order valence-electron chi connectivity index (χ0n) is 13.9. The number of hydrogen-bond donors (Lipinski definition) is 0. The Balaban J connectivity index is 1.39. The van der Waals surface area contributed by atoms with Gasteiger partial charge < -0.3 is 0 Å². The second kappa shape index (κ2) is 5.67. The summed E-state index contributed by atoms with van der Waals surface area (Å²) in [6, 6.07) is 2.69. The minimum Gasteiger partial charge on any atom is -0.278 e. The zero-order chi connectivity index (χ0) is 16.3. The Bertz CT molecular complexity index is 657. The zero-order valence-corrected chi connectivity index (χ0v) is 14.8. The molecule has 5 heteroatoms. The van der Waals surface area contributed by atoms with Crippen LogP contribution in [0.1, 0.15) is 55.0 Å². The van der Waals surface area contributed by atoms with Gasteiger partial charge in [0.25, 0.3) is 0 Å². The van der Waals surface area contributed by atoms with Crippen LogP contribution in [0, 0.1) is 17.8 Å². The molecule has 128 valence electrons. The van der Waals surface area contributed by atoms with Gasteiger partial charge in [-0.1, -0.05) is 12.8 Å². The third-order valence-corrected chi connectivity index (χ3v) is 7.44. The van der Waals surface area contributed by atoms with Gasteiger partial charge in [0, 0.05) is 17.5 Å². The molecule has 1 aromatic rings. The second-order valence-electron chi connectivity index (χ2n) is 7.89. The number of hydrogen-bond acceptors (Lipinski definition) is 4. The first-order valence-corrected chi connectivity index (χ1v) is 10.3. The third kappa shape index (κ3) is 2.28. The summed E-state index contributed by atoms with van der Waals surface area (Å²) in [4.78, 5) is 31.1. The van der Waals surface area contributed by atoms with E-state index in [1.54, 1.807) is 4.90 Å². The smallest absolute Gasteiger partial charge is 0.234 e. The quantitative estimate of drug-likeness (QED) is 0.791. The summed E-state index contributed by atoms with van der Waals surface area (Å²) in [7, 11) is 0. The summed E-state index contributed by atoms with van der Waals surface area (Å²) >= 11 is 1.86. The number of thiophene rings is 1. The molecule has 2 aliphatic heterocycles. The maximum Gasteiger partial charge on any atom is 0.234 e. The molecule has 3 heterocycles. The molecule has 0 bridgehead atoms. The van der Waals surface area contributed by atoms with Gasteiger partial charge in [0.2, 0.25) is 11.8 Å². The fourth-order valence-electron chi connectivity index (χ4n) is 5.07. The van der Waals surface area contributed by atoms with Crippen LogP contribution in [-0.4, -0.2) is 34.8 Å². The predicted octanol–water partition coefficient (Wildman–Crippen LogP) is 3.19. The van der Waals surface area contributed by atoms with Crippen molar-refractivity contribution >= 4 is 23.2 Å². The molecule has 24 heavy (non-hydrogen) atoms. The van der Waals surface area contributed by atoms with Crippen molar-refractivity contribution in [1.29, 1.82) is 0 Å². The van der Waals surface area contributed by atoms with Crippen LogP contribution < -0.4 is 0 Å². The number of amides is 2. The average molecular weight is 344 g/mol.